The van der Waals surface area contributed by atoms with Gasteiger partial charge >= 0.3 is 0 Å². The lowest BCUT2D eigenvalue weighted by molar-refractivity contribution is -0.115. The first kappa shape index (κ1) is 15.0. The van der Waals surface area contributed by atoms with Gasteiger partial charge in [0, 0.05) is 17.5 Å². The number of nitrogens with zero attached hydrogens (tertiary/aromatic N) is 3. The lowest BCUT2D eigenvalue weighted by Gasteiger charge is -2.06. The molecule has 1 aromatic carbocycles. The molecule has 0 saturated carbocycles. The van der Waals surface area contributed by atoms with Gasteiger partial charge in [-0.15, -0.1) is 0 Å². The lowest BCUT2D eigenvalue weighted by atomic mass is 10.1. The van der Waals surface area contributed by atoms with Gasteiger partial charge in [0.25, 0.3) is 0 Å². The number of carbonyl (C=O) groups is 1. The molecule has 0 saturated heterocycles. The molecule has 3 rings (SSSR count). The van der Waals surface area contributed by atoms with Crippen molar-refractivity contribution in [1.29, 1.82) is 0 Å². The highest BCUT2D eigenvalue weighted by Crippen LogP contribution is 2.18. The van der Waals surface area contributed by atoms with Crippen molar-refractivity contribution in [3.63, 3.8) is 0 Å². The molecule has 5 nitrogen and oxygen atoms in total. The Morgan fingerprint density at radius 1 is 1.09 bits per heavy atom. The maximum atomic E-state index is 12.2. The molecule has 0 bridgehead atoms. The number of aromatic nitrogens is 3. The van der Waals surface area contributed by atoms with Crippen molar-refractivity contribution in [3.8, 4) is 5.69 Å². The van der Waals surface area contributed by atoms with Crippen LogP contribution in [-0.2, 0) is 11.2 Å². The summed E-state index contributed by atoms with van der Waals surface area (Å²) in [7, 11) is 0. The largest absolute Gasteiger partial charge is 0.310 e. The molecule has 1 N–H and O–H groups in total. The van der Waals surface area contributed by atoms with Crippen LogP contribution in [0.25, 0.3) is 5.69 Å². The first-order valence-corrected chi connectivity index (χ1v) is 7.46. The molecule has 0 aliphatic carbocycles. The van der Waals surface area contributed by atoms with Crippen LogP contribution >= 0.6 is 0 Å². The van der Waals surface area contributed by atoms with Crippen molar-refractivity contribution in [2.24, 2.45) is 0 Å². The Hall–Kier alpha value is -2.95. The smallest absolute Gasteiger partial charge is 0.230 e. The summed E-state index contributed by atoms with van der Waals surface area (Å²) in [4.78, 5) is 16.3. The molecule has 0 aliphatic rings. The van der Waals surface area contributed by atoms with Crippen molar-refractivity contribution in [2.75, 3.05) is 5.32 Å². The maximum absolute atomic E-state index is 12.2. The minimum Gasteiger partial charge on any atom is -0.310 e. The van der Waals surface area contributed by atoms with Crippen LogP contribution in [0.2, 0.25) is 0 Å². The van der Waals surface area contributed by atoms with Gasteiger partial charge in [-0.25, -0.2) is 9.67 Å². The quantitative estimate of drug-likeness (QED) is 0.806. The van der Waals surface area contributed by atoms with Crippen LogP contribution < -0.4 is 5.32 Å². The Morgan fingerprint density at radius 2 is 1.83 bits per heavy atom. The van der Waals surface area contributed by atoms with Gasteiger partial charge in [-0.3, -0.25) is 4.79 Å². The maximum Gasteiger partial charge on any atom is 0.230 e. The van der Waals surface area contributed by atoms with E-state index in [1.54, 1.807) is 12.3 Å². The van der Waals surface area contributed by atoms with E-state index >= 15 is 0 Å². The third kappa shape index (κ3) is 3.29. The fourth-order valence-corrected chi connectivity index (χ4v) is 2.54. The van der Waals surface area contributed by atoms with E-state index in [2.05, 4.69) is 15.4 Å². The minimum atomic E-state index is -0.0949. The standard InChI is InChI=1S/C18H18N4O/c1-13-16(12-18(23)20-17-10-6-7-11-19-17)14(2)22(21-13)15-8-4-3-5-9-15/h3-11H,12H2,1-2H3,(H,19,20,23). The summed E-state index contributed by atoms with van der Waals surface area (Å²) in [6.45, 7) is 3.91. The number of benzene rings is 1. The normalized spacial score (nSPS) is 10.5. The molecule has 0 aliphatic heterocycles. The Labute approximate surface area is 135 Å². The van der Waals surface area contributed by atoms with E-state index in [0.717, 1.165) is 22.6 Å². The Bertz CT molecular complexity index is 810. The highest BCUT2D eigenvalue weighted by Gasteiger charge is 2.16. The van der Waals surface area contributed by atoms with Gasteiger partial charge in [-0.2, -0.15) is 5.10 Å². The van der Waals surface area contributed by atoms with Crippen molar-refractivity contribution in [2.45, 2.75) is 20.3 Å². The summed E-state index contributed by atoms with van der Waals surface area (Å²) in [5.74, 6) is 0.464. The molecular weight excluding hydrogens is 288 g/mol. The molecule has 0 fully saturated rings. The number of rotatable bonds is 4. The van der Waals surface area contributed by atoms with Crippen molar-refractivity contribution < 1.29 is 4.79 Å². The van der Waals surface area contributed by atoms with E-state index in [4.69, 9.17) is 0 Å². The molecule has 0 spiro atoms. The monoisotopic (exact) mass is 306 g/mol. The average molecular weight is 306 g/mol. The number of anilines is 1. The highest BCUT2D eigenvalue weighted by atomic mass is 16.1. The summed E-state index contributed by atoms with van der Waals surface area (Å²) < 4.78 is 1.87. The van der Waals surface area contributed by atoms with Crippen LogP contribution in [0.15, 0.2) is 54.7 Å². The molecule has 3 aromatic rings. The number of para-hydroxylation sites is 1. The molecule has 2 heterocycles. The Morgan fingerprint density at radius 3 is 2.52 bits per heavy atom. The van der Waals surface area contributed by atoms with E-state index in [-0.39, 0.29) is 12.3 Å². The van der Waals surface area contributed by atoms with Crippen LogP contribution in [-0.4, -0.2) is 20.7 Å². The predicted octanol–water partition coefficient (Wildman–Crippen LogP) is 3.07. The number of nitrogens with one attached hydrogen (secondary N) is 1. The number of amides is 1. The van der Waals surface area contributed by atoms with E-state index < -0.39 is 0 Å². The first-order chi connectivity index (χ1) is 11.1. The van der Waals surface area contributed by atoms with Gasteiger partial charge < -0.3 is 5.32 Å². The average Bonchev–Trinajstić information content (AvgIpc) is 2.85. The molecule has 0 unspecified atom stereocenters. The van der Waals surface area contributed by atoms with Gasteiger partial charge in [-0.05, 0) is 38.1 Å². The number of aryl methyl sites for hydroxylation is 1. The fraction of sp³-hybridized carbons (Fsp3) is 0.167. The topological polar surface area (TPSA) is 59.8 Å². The molecule has 116 valence electrons. The van der Waals surface area contributed by atoms with Crippen LogP contribution in [0.4, 0.5) is 5.82 Å². The summed E-state index contributed by atoms with van der Waals surface area (Å²) in [6.07, 6.45) is 1.93. The van der Waals surface area contributed by atoms with E-state index in [0.29, 0.717) is 5.82 Å². The highest BCUT2D eigenvalue weighted by molar-refractivity contribution is 5.91. The second kappa shape index (κ2) is 6.44. The summed E-state index contributed by atoms with van der Waals surface area (Å²) >= 11 is 0. The van der Waals surface area contributed by atoms with Gasteiger partial charge in [0.2, 0.25) is 5.91 Å². The van der Waals surface area contributed by atoms with Gasteiger partial charge in [-0.1, -0.05) is 24.3 Å². The Balaban J connectivity index is 1.81. The number of pyridine rings is 1. The van der Waals surface area contributed by atoms with Crippen molar-refractivity contribution in [1.82, 2.24) is 14.8 Å². The summed E-state index contributed by atoms with van der Waals surface area (Å²) in [6, 6.07) is 15.3. The Kier molecular flexibility index (Phi) is 4.19. The zero-order valence-electron chi connectivity index (χ0n) is 13.2. The van der Waals surface area contributed by atoms with Crippen LogP contribution in [0, 0.1) is 13.8 Å². The number of hydrogen-bond acceptors (Lipinski definition) is 3. The fourth-order valence-electron chi connectivity index (χ4n) is 2.54. The van der Waals surface area contributed by atoms with Gasteiger partial charge in [0.05, 0.1) is 17.8 Å². The predicted molar refractivity (Wildman–Crippen MR) is 89.6 cm³/mol. The molecule has 5 heteroatoms. The van der Waals surface area contributed by atoms with Crippen LogP contribution in [0.5, 0.6) is 0 Å². The summed E-state index contributed by atoms with van der Waals surface area (Å²) in [5.41, 5.74) is 3.78. The minimum absolute atomic E-state index is 0.0949. The number of carbonyl (C=O) groups excluding carboxylic acids is 1. The zero-order valence-corrected chi connectivity index (χ0v) is 13.2. The lowest BCUT2D eigenvalue weighted by Crippen LogP contribution is -2.16. The first-order valence-electron chi connectivity index (χ1n) is 7.46. The van der Waals surface area contributed by atoms with Crippen molar-refractivity contribution >= 4 is 11.7 Å². The second-order valence-corrected chi connectivity index (χ2v) is 5.34. The third-order valence-corrected chi connectivity index (χ3v) is 3.71. The van der Waals surface area contributed by atoms with E-state index in [9.17, 15) is 4.79 Å². The second-order valence-electron chi connectivity index (χ2n) is 5.34. The molecular formula is C18H18N4O. The summed E-state index contributed by atoms with van der Waals surface area (Å²) in [5, 5.41) is 7.37. The van der Waals surface area contributed by atoms with Crippen LogP contribution in [0.1, 0.15) is 17.0 Å². The van der Waals surface area contributed by atoms with Gasteiger partial charge in [0.15, 0.2) is 0 Å². The van der Waals surface area contributed by atoms with E-state index in [1.807, 2.05) is 61.0 Å². The molecule has 2 aromatic heterocycles. The van der Waals surface area contributed by atoms with E-state index in [1.165, 1.54) is 0 Å². The zero-order chi connectivity index (χ0) is 16.2. The molecule has 1 amide bonds. The van der Waals surface area contributed by atoms with Crippen LogP contribution in [0.3, 0.4) is 0 Å². The molecule has 0 radical (unpaired) electrons. The third-order valence-electron chi connectivity index (χ3n) is 3.71. The van der Waals surface area contributed by atoms with Gasteiger partial charge in [0.1, 0.15) is 5.82 Å². The van der Waals surface area contributed by atoms with Crippen molar-refractivity contribution in [3.05, 3.63) is 71.7 Å². The molecule has 0 atom stereocenters. The number of hydrogen-bond donors (Lipinski definition) is 1. The molecule has 23 heavy (non-hydrogen) atoms. The SMILES string of the molecule is Cc1nn(-c2ccccc2)c(C)c1CC(=O)Nc1ccccn1.